The molecule has 1 fully saturated rings. The number of hydrogen-bond donors (Lipinski definition) is 9. The molecule has 7 atom stereocenters. The van der Waals surface area contributed by atoms with Gasteiger partial charge in [0.1, 0.15) is 42.0 Å². The van der Waals surface area contributed by atoms with Crippen LogP contribution in [-0.2, 0) is 55.5 Å². The number of ether oxygens (including phenoxy) is 1. The summed E-state index contributed by atoms with van der Waals surface area (Å²) in [5, 5.41) is 26.1. The Bertz CT molecular complexity index is 2100. The van der Waals surface area contributed by atoms with Crippen LogP contribution in [0.2, 0.25) is 0 Å². The highest BCUT2D eigenvalue weighted by Gasteiger charge is 2.50. The number of Topliss-reactive ketones (excluding diaryl/α,β-unsaturated/α-hetero) is 1. The first-order valence-corrected chi connectivity index (χ1v) is 25.3. The van der Waals surface area contributed by atoms with Crippen molar-refractivity contribution in [2.75, 3.05) is 37.8 Å². The van der Waals surface area contributed by atoms with E-state index in [1.165, 1.54) is 33.1 Å². The van der Waals surface area contributed by atoms with E-state index in [4.69, 9.17) is 19.5 Å². The standard InChI is InChI=1S/C35H56N7O18P3S/c1-4-5-6-7-8-9-10-11-12-13-23(43)18-26(45)64-17-16-37-25(44)14-15-38-33(48)30(47)35(2,3)20-57-63(54,55)60-62(52,53)56-19-24-29(59-61(49,50)51)28(46)34(58-24)42-22-41-27-31(36)39-21-40-32(27)42/h9-12,21-22,24,28-30,34,46-47H,4-8,13-20H2,1-3H3,(H,37,44)(H,38,48)(H,52,53)(H,54,55)(H2,36,39,40)(H2,49,50,51)/b10-9+,12-11-/t24-,28-,29-,30+,34-/m1/s1. The Morgan fingerprint density at radius 3 is 2.41 bits per heavy atom. The van der Waals surface area contributed by atoms with Gasteiger partial charge in [0.2, 0.25) is 11.8 Å². The number of aliphatic hydroxyl groups excluding tert-OH is 2. The summed E-state index contributed by atoms with van der Waals surface area (Å²) in [7, 11) is -16.5. The molecule has 64 heavy (non-hydrogen) atoms. The minimum atomic E-state index is -5.59. The van der Waals surface area contributed by atoms with E-state index in [9.17, 15) is 62.7 Å². The Balaban J connectivity index is 1.38. The summed E-state index contributed by atoms with van der Waals surface area (Å²) in [4.78, 5) is 100. The van der Waals surface area contributed by atoms with Crippen molar-refractivity contribution in [3.63, 3.8) is 0 Å². The molecule has 0 spiro atoms. The zero-order valence-corrected chi connectivity index (χ0v) is 38.7. The number of hydrogen-bond acceptors (Lipinski definition) is 19. The van der Waals surface area contributed by atoms with Crippen molar-refractivity contribution in [3.8, 4) is 0 Å². The molecule has 0 saturated carbocycles. The maximum Gasteiger partial charge on any atom is 0.481 e. The monoisotopic (exact) mass is 987 g/mol. The number of aliphatic hydroxyl groups is 2. The van der Waals surface area contributed by atoms with E-state index in [0.29, 0.717) is 0 Å². The molecule has 29 heteroatoms. The lowest BCUT2D eigenvalue weighted by Crippen LogP contribution is -2.46. The molecular weight excluding hydrogens is 931 g/mol. The number of phosphoric acid groups is 3. The SMILES string of the molecule is CCCCCC/C=C/C=C\CC(=O)CC(=O)SCCNC(=O)CCNC(=O)[C@H](O)C(C)(C)COP(=O)(O)OP(=O)(O)OC[C@H]1O[C@@H](n2cnc3c(N)ncnc32)[C@H](O)[C@@H]1OP(=O)(O)O. The number of ketones is 1. The van der Waals surface area contributed by atoms with E-state index in [1.807, 2.05) is 12.2 Å². The van der Waals surface area contributed by atoms with Crippen LogP contribution in [0, 0.1) is 5.41 Å². The second kappa shape index (κ2) is 25.6. The molecule has 2 aromatic rings. The summed E-state index contributed by atoms with van der Waals surface area (Å²) < 4.78 is 62.3. The van der Waals surface area contributed by atoms with Crippen molar-refractivity contribution < 1.29 is 85.3 Å². The number of nitrogens with one attached hydrogen (secondary N) is 2. The number of rotatable bonds is 29. The van der Waals surface area contributed by atoms with Crippen LogP contribution < -0.4 is 16.4 Å². The van der Waals surface area contributed by atoms with Gasteiger partial charge in [-0.3, -0.25) is 37.3 Å². The lowest BCUT2D eigenvalue weighted by atomic mass is 9.87. The van der Waals surface area contributed by atoms with Crippen LogP contribution in [0.5, 0.6) is 0 Å². The van der Waals surface area contributed by atoms with Gasteiger partial charge >= 0.3 is 23.5 Å². The molecule has 2 aromatic heterocycles. The number of carbonyl (C=O) groups is 4. The fourth-order valence-electron chi connectivity index (χ4n) is 5.72. The van der Waals surface area contributed by atoms with Crippen LogP contribution >= 0.6 is 35.2 Å². The van der Waals surface area contributed by atoms with Crippen LogP contribution in [0.4, 0.5) is 5.82 Å². The second-order valence-electron chi connectivity index (χ2n) is 14.9. The van der Waals surface area contributed by atoms with Gasteiger partial charge in [0.25, 0.3) is 0 Å². The molecule has 0 bridgehead atoms. The molecule has 3 rings (SSSR count). The topological polar surface area (TPSA) is 381 Å². The first-order chi connectivity index (χ1) is 29.9. The van der Waals surface area contributed by atoms with Crippen molar-refractivity contribution in [2.24, 2.45) is 5.41 Å². The van der Waals surface area contributed by atoms with E-state index < -0.39 is 84.6 Å². The van der Waals surface area contributed by atoms with E-state index >= 15 is 0 Å². The zero-order chi connectivity index (χ0) is 47.7. The van der Waals surface area contributed by atoms with E-state index in [-0.39, 0.29) is 66.0 Å². The number of amides is 2. The van der Waals surface area contributed by atoms with Gasteiger partial charge in [-0.25, -0.2) is 28.6 Å². The Hall–Kier alpha value is -3.29. The normalized spacial score (nSPS) is 20.6. The lowest BCUT2D eigenvalue weighted by Gasteiger charge is -2.30. The number of phosphoric ester groups is 3. The highest BCUT2D eigenvalue weighted by molar-refractivity contribution is 8.13. The van der Waals surface area contributed by atoms with Crippen LogP contribution in [0.1, 0.15) is 78.4 Å². The number of anilines is 1. The summed E-state index contributed by atoms with van der Waals surface area (Å²) in [6, 6.07) is 0. The lowest BCUT2D eigenvalue weighted by molar-refractivity contribution is -0.137. The molecule has 0 aromatic carbocycles. The molecule has 1 aliphatic rings. The molecule has 2 unspecified atom stereocenters. The van der Waals surface area contributed by atoms with Gasteiger partial charge in [-0.05, 0) is 12.8 Å². The Labute approximate surface area is 372 Å². The average molecular weight is 988 g/mol. The summed E-state index contributed by atoms with van der Waals surface area (Å²) in [5.74, 6) is -1.57. The van der Waals surface area contributed by atoms with Crippen molar-refractivity contribution in [1.29, 1.82) is 0 Å². The maximum atomic E-state index is 12.7. The Morgan fingerprint density at radius 1 is 1.00 bits per heavy atom. The second-order valence-corrected chi connectivity index (χ2v) is 20.3. The van der Waals surface area contributed by atoms with Crippen molar-refractivity contribution in [3.05, 3.63) is 37.0 Å². The predicted molar refractivity (Wildman–Crippen MR) is 228 cm³/mol. The van der Waals surface area contributed by atoms with Gasteiger partial charge < -0.3 is 50.9 Å². The molecule has 10 N–H and O–H groups in total. The van der Waals surface area contributed by atoms with Gasteiger partial charge in [-0.15, -0.1) is 0 Å². The van der Waals surface area contributed by atoms with Gasteiger partial charge in [0, 0.05) is 37.1 Å². The molecule has 1 aliphatic heterocycles. The molecule has 1 saturated heterocycles. The number of nitrogens with two attached hydrogens (primary N) is 1. The highest BCUT2D eigenvalue weighted by atomic mass is 32.2. The molecule has 360 valence electrons. The van der Waals surface area contributed by atoms with Gasteiger partial charge in [-0.1, -0.05) is 76.1 Å². The first-order valence-electron chi connectivity index (χ1n) is 19.8. The minimum Gasteiger partial charge on any atom is -0.386 e. The first kappa shape index (κ1) is 55.0. The number of nitrogen functional groups attached to an aromatic ring is 1. The average Bonchev–Trinajstić information content (AvgIpc) is 3.76. The van der Waals surface area contributed by atoms with Crippen molar-refractivity contribution >= 4 is 74.9 Å². The van der Waals surface area contributed by atoms with Gasteiger partial charge in [-0.2, -0.15) is 4.31 Å². The maximum absolute atomic E-state index is 12.7. The molecule has 3 heterocycles. The molecule has 0 aliphatic carbocycles. The van der Waals surface area contributed by atoms with Crippen LogP contribution in [0.3, 0.4) is 0 Å². The smallest absolute Gasteiger partial charge is 0.386 e. The molecule has 2 amide bonds. The summed E-state index contributed by atoms with van der Waals surface area (Å²) in [6.45, 7) is 2.43. The van der Waals surface area contributed by atoms with Gasteiger partial charge in [0.15, 0.2) is 22.8 Å². The number of thioether (sulfide) groups is 1. The van der Waals surface area contributed by atoms with Crippen LogP contribution in [0.25, 0.3) is 11.2 Å². The molecule has 25 nitrogen and oxygen atoms in total. The molecule has 0 radical (unpaired) electrons. The minimum absolute atomic E-state index is 0.0236. The van der Waals surface area contributed by atoms with Crippen LogP contribution in [0.15, 0.2) is 37.0 Å². The summed E-state index contributed by atoms with van der Waals surface area (Å²) >= 11 is 0.896. The fraction of sp³-hybridized carbons (Fsp3) is 0.629. The van der Waals surface area contributed by atoms with Crippen molar-refractivity contribution in [1.82, 2.24) is 30.2 Å². The number of nitrogens with zero attached hydrogens (tertiary/aromatic N) is 4. The largest absolute Gasteiger partial charge is 0.481 e. The third-order valence-corrected chi connectivity index (χ3v) is 13.0. The highest BCUT2D eigenvalue weighted by Crippen LogP contribution is 2.61. The quantitative estimate of drug-likeness (QED) is 0.0244. The molecular formula is C35H56N7O18P3S. The predicted octanol–water partition coefficient (Wildman–Crippen LogP) is 2.10. The van der Waals surface area contributed by atoms with E-state index in [0.717, 1.165) is 41.8 Å². The number of carbonyl (C=O) groups excluding carboxylic acids is 4. The van der Waals surface area contributed by atoms with Gasteiger partial charge in [0.05, 0.1) is 26.0 Å². The third-order valence-electron chi connectivity index (χ3n) is 9.06. The Kier molecular flexibility index (Phi) is 22.0. The summed E-state index contributed by atoms with van der Waals surface area (Å²) in [6.07, 6.45) is 5.89. The number of imidazole rings is 1. The zero-order valence-electron chi connectivity index (χ0n) is 35.2. The fourth-order valence-corrected chi connectivity index (χ4v) is 9.24. The van der Waals surface area contributed by atoms with Crippen molar-refractivity contribution in [2.45, 2.75) is 103 Å². The Morgan fingerprint density at radius 2 is 1.70 bits per heavy atom. The third kappa shape index (κ3) is 18.9. The summed E-state index contributed by atoms with van der Waals surface area (Å²) in [5.41, 5.74) is 4.23. The number of fused-ring (bicyclic) bond motifs is 1. The number of allylic oxidation sites excluding steroid dienone is 4. The van der Waals surface area contributed by atoms with E-state index in [1.54, 1.807) is 12.2 Å². The number of aromatic nitrogens is 4. The number of unbranched alkanes of at least 4 members (excludes halogenated alkanes) is 4. The van der Waals surface area contributed by atoms with Crippen LogP contribution in [-0.4, -0.2) is 128 Å². The van der Waals surface area contributed by atoms with E-state index in [2.05, 4.69) is 41.3 Å².